The summed E-state index contributed by atoms with van der Waals surface area (Å²) in [4.78, 5) is 10.4. The van der Waals surface area contributed by atoms with Gasteiger partial charge in [0, 0.05) is 23.3 Å². The third kappa shape index (κ3) is 2.98. The van der Waals surface area contributed by atoms with Gasteiger partial charge in [-0.2, -0.15) is 5.10 Å². The van der Waals surface area contributed by atoms with E-state index in [0.29, 0.717) is 11.3 Å². The molecular weight excluding hydrogens is 367 g/mol. The summed E-state index contributed by atoms with van der Waals surface area (Å²) < 4.78 is 38.4. The van der Waals surface area contributed by atoms with Gasteiger partial charge in [-0.15, -0.1) is 0 Å². The first-order valence-electron chi connectivity index (χ1n) is 5.58. The van der Waals surface area contributed by atoms with E-state index in [0.717, 1.165) is 12.3 Å². The molecule has 0 spiro atoms. The second kappa shape index (κ2) is 5.23. The van der Waals surface area contributed by atoms with E-state index < -0.39 is 26.5 Å². The minimum atomic E-state index is -3.72. The maximum Gasteiger partial charge on any atom is 0.356 e. The number of carbonyl (C=O) groups is 1. The first-order chi connectivity index (χ1) is 9.61. The van der Waals surface area contributed by atoms with Crippen LogP contribution in [-0.2, 0) is 16.9 Å². The minimum Gasteiger partial charge on any atom is -0.476 e. The highest BCUT2D eigenvalue weighted by Gasteiger charge is 2.21. The Balaban J connectivity index is 2.65. The molecule has 112 valence electrons. The molecule has 0 fully saturated rings. The maximum atomic E-state index is 14.0. The smallest absolute Gasteiger partial charge is 0.356 e. The van der Waals surface area contributed by atoms with Gasteiger partial charge in [-0.1, -0.05) is 0 Å². The Morgan fingerprint density at radius 2 is 2.00 bits per heavy atom. The van der Waals surface area contributed by atoms with Crippen molar-refractivity contribution < 1.29 is 22.7 Å². The zero-order valence-electron chi connectivity index (χ0n) is 11.0. The lowest BCUT2D eigenvalue weighted by Crippen LogP contribution is -2.03. The zero-order valence-corrected chi connectivity index (χ0v) is 13.4. The molecule has 0 amide bonds. The maximum absolute atomic E-state index is 14.0. The average Bonchev–Trinajstić information content (AvgIpc) is 2.68. The van der Waals surface area contributed by atoms with Gasteiger partial charge < -0.3 is 5.11 Å². The lowest BCUT2D eigenvalue weighted by molar-refractivity contribution is 0.0689. The third-order valence-electron chi connectivity index (χ3n) is 2.76. The summed E-state index contributed by atoms with van der Waals surface area (Å²) in [6, 6.07) is 3.72. The Morgan fingerprint density at radius 3 is 2.43 bits per heavy atom. The van der Waals surface area contributed by atoms with Crippen LogP contribution in [0.1, 0.15) is 10.5 Å². The number of sulfone groups is 1. The summed E-state index contributed by atoms with van der Waals surface area (Å²) in [6.07, 6.45) is 0.905. The summed E-state index contributed by atoms with van der Waals surface area (Å²) in [6.45, 7) is 0. The number of aromatic nitrogens is 2. The number of rotatable bonds is 3. The number of benzene rings is 1. The quantitative estimate of drug-likeness (QED) is 0.885. The number of aromatic carboxylic acids is 1. The van der Waals surface area contributed by atoms with Gasteiger partial charge in [-0.25, -0.2) is 17.6 Å². The molecule has 0 atom stereocenters. The summed E-state index contributed by atoms with van der Waals surface area (Å²) in [5.74, 6) is -2.12. The molecule has 0 aliphatic heterocycles. The number of carboxylic acids is 1. The Hall–Kier alpha value is -1.74. The highest BCUT2D eigenvalue weighted by Crippen LogP contribution is 2.31. The molecule has 2 rings (SSSR count). The number of aryl methyl sites for hydroxylation is 1. The van der Waals surface area contributed by atoms with E-state index in [9.17, 15) is 17.6 Å². The first kappa shape index (κ1) is 15.6. The van der Waals surface area contributed by atoms with Crippen molar-refractivity contribution in [2.75, 3.05) is 6.26 Å². The van der Waals surface area contributed by atoms with Crippen molar-refractivity contribution in [3.8, 4) is 11.3 Å². The molecule has 2 aromatic rings. The van der Waals surface area contributed by atoms with Crippen LogP contribution in [0.4, 0.5) is 4.39 Å². The van der Waals surface area contributed by atoms with Crippen LogP contribution in [0.2, 0.25) is 0 Å². The highest BCUT2D eigenvalue weighted by molar-refractivity contribution is 9.10. The SMILES string of the molecule is Cn1nc(C(=O)O)cc1-c1cc(F)c(S(C)(=O)=O)c(Br)c1. The molecule has 1 N–H and O–H groups in total. The van der Waals surface area contributed by atoms with Crippen LogP contribution in [-0.4, -0.2) is 35.5 Å². The Kier molecular flexibility index (Phi) is 3.89. The fraction of sp³-hybridized carbons (Fsp3) is 0.167. The molecule has 1 aromatic carbocycles. The number of carboxylic acid groups (broad SMARTS) is 1. The molecule has 0 aliphatic carbocycles. The lowest BCUT2D eigenvalue weighted by Gasteiger charge is -2.08. The van der Waals surface area contributed by atoms with Crippen LogP contribution in [0.25, 0.3) is 11.3 Å². The molecule has 1 aromatic heterocycles. The fourth-order valence-electron chi connectivity index (χ4n) is 1.90. The molecule has 9 heteroatoms. The molecular formula is C12H10BrFN2O4S. The normalized spacial score (nSPS) is 11.6. The van der Waals surface area contributed by atoms with Gasteiger partial charge in [0.2, 0.25) is 0 Å². The van der Waals surface area contributed by atoms with E-state index in [1.165, 1.54) is 23.9 Å². The van der Waals surface area contributed by atoms with Gasteiger partial charge in [-0.3, -0.25) is 4.68 Å². The van der Waals surface area contributed by atoms with Gasteiger partial charge in [0.1, 0.15) is 10.7 Å². The van der Waals surface area contributed by atoms with Crippen LogP contribution in [0, 0.1) is 5.82 Å². The third-order valence-corrected chi connectivity index (χ3v) is 4.81. The van der Waals surface area contributed by atoms with Crippen molar-refractivity contribution in [1.29, 1.82) is 0 Å². The summed E-state index contributed by atoms with van der Waals surface area (Å²) in [5.41, 5.74) is 0.484. The van der Waals surface area contributed by atoms with Crippen molar-refractivity contribution in [1.82, 2.24) is 9.78 Å². The topological polar surface area (TPSA) is 89.3 Å². The second-order valence-electron chi connectivity index (χ2n) is 4.38. The molecule has 6 nitrogen and oxygen atoms in total. The Morgan fingerprint density at radius 1 is 1.38 bits per heavy atom. The highest BCUT2D eigenvalue weighted by atomic mass is 79.9. The number of nitrogens with zero attached hydrogens (tertiary/aromatic N) is 2. The number of hydrogen-bond donors (Lipinski definition) is 1. The van der Waals surface area contributed by atoms with Gasteiger partial charge in [0.25, 0.3) is 0 Å². The lowest BCUT2D eigenvalue weighted by atomic mass is 10.1. The van der Waals surface area contributed by atoms with Crippen LogP contribution >= 0.6 is 15.9 Å². The van der Waals surface area contributed by atoms with Crippen LogP contribution in [0.5, 0.6) is 0 Å². The molecule has 0 bridgehead atoms. The molecule has 21 heavy (non-hydrogen) atoms. The monoisotopic (exact) mass is 376 g/mol. The fourth-order valence-corrected chi connectivity index (χ4v) is 4.05. The van der Waals surface area contributed by atoms with Crippen molar-refractivity contribution in [3.05, 3.63) is 34.2 Å². The van der Waals surface area contributed by atoms with Gasteiger partial charge in [0.05, 0.1) is 5.69 Å². The van der Waals surface area contributed by atoms with Crippen molar-refractivity contribution in [2.45, 2.75) is 4.90 Å². The second-order valence-corrected chi connectivity index (χ2v) is 7.19. The molecule has 0 aliphatic rings. The van der Waals surface area contributed by atoms with E-state index in [4.69, 9.17) is 5.11 Å². The molecule has 0 radical (unpaired) electrons. The molecule has 0 saturated heterocycles. The zero-order chi connectivity index (χ0) is 15.9. The largest absolute Gasteiger partial charge is 0.476 e. The minimum absolute atomic E-state index is 0.0677. The number of halogens is 2. The predicted octanol–water partition coefficient (Wildman–Crippen LogP) is 2.09. The van der Waals surface area contributed by atoms with Crippen LogP contribution < -0.4 is 0 Å². The van der Waals surface area contributed by atoms with E-state index in [1.807, 2.05) is 0 Å². The van der Waals surface area contributed by atoms with Gasteiger partial charge >= 0.3 is 5.97 Å². The van der Waals surface area contributed by atoms with E-state index in [2.05, 4.69) is 21.0 Å². The van der Waals surface area contributed by atoms with Crippen molar-refractivity contribution >= 4 is 31.7 Å². The predicted molar refractivity (Wildman–Crippen MR) is 76.4 cm³/mol. The molecule has 0 saturated carbocycles. The van der Waals surface area contributed by atoms with Crippen LogP contribution in [0.3, 0.4) is 0 Å². The Labute approximate surface area is 128 Å². The van der Waals surface area contributed by atoms with Crippen LogP contribution in [0.15, 0.2) is 27.6 Å². The Bertz CT molecular complexity index is 822. The van der Waals surface area contributed by atoms with Crippen molar-refractivity contribution in [2.24, 2.45) is 7.05 Å². The molecule has 0 unspecified atom stereocenters. The summed E-state index contributed by atoms with van der Waals surface area (Å²) in [5, 5.41) is 12.7. The first-order valence-corrected chi connectivity index (χ1v) is 8.26. The van der Waals surface area contributed by atoms with E-state index >= 15 is 0 Å². The van der Waals surface area contributed by atoms with Gasteiger partial charge in [0.15, 0.2) is 15.5 Å². The number of hydrogen-bond acceptors (Lipinski definition) is 4. The standard InChI is InChI=1S/C12H10BrFN2O4S/c1-16-10(5-9(15-16)12(17)18)6-3-7(13)11(8(14)4-6)21(2,19)20/h3-5H,1-2H3,(H,17,18). The summed E-state index contributed by atoms with van der Waals surface area (Å²) >= 11 is 3.03. The van der Waals surface area contributed by atoms with Crippen molar-refractivity contribution in [3.63, 3.8) is 0 Å². The molecule has 1 heterocycles. The van der Waals surface area contributed by atoms with E-state index in [1.54, 1.807) is 0 Å². The van der Waals surface area contributed by atoms with Gasteiger partial charge in [-0.05, 0) is 34.1 Å². The van der Waals surface area contributed by atoms with E-state index in [-0.39, 0.29) is 10.2 Å². The summed E-state index contributed by atoms with van der Waals surface area (Å²) in [7, 11) is -2.21. The average molecular weight is 377 g/mol.